The van der Waals surface area contributed by atoms with E-state index in [4.69, 9.17) is 31.6 Å². The first-order valence-electron chi connectivity index (χ1n) is 10.5. The van der Waals surface area contributed by atoms with Gasteiger partial charge >= 0.3 is 0 Å². The average molecular weight is 448 g/mol. The summed E-state index contributed by atoms with van der Waals surface area (Å²) in [5.74, 6) is 0.790. The number of hydrogen-bond acceptors (Lipinski definition) is 7. The fourth-order valence-electron chi connectivity index (χ4n) is 3.60. The Bertz CT molecular complexity index is 854. The number of nitrogens with one attached hydrogen (secondary N) is 1. The van der Waals surface area contributed by atoms with Gasteiger partial charge in [0, 0.05) is 44.4 Å². The molecule has 31 heavy (non-hydrogen) atoms. The maximum absolute atomic E-state index is 10.6. The number of halogens is 1. The van der Waals surface area contributed by atoms with Crippen LogP contribution in [0.5, 0.6) is 5.75 Å². The lowest BCUT2D eigenvalue weighted by atomic mass is 10.1. The highest BCUT2D eigenvalue weighted by Gasteiger charge is 2.21. The first kappa shape index (κ1) is 23.3. The van der Waals surface area contributed by atoms with Gasteiger partial charge in [0.1, 0.15) is 12.4 Å². The van der Waals surface area contributed by atoms with Gasteiger partial charge in [0.25, 0.3) is 0 Å². The van der Waals surface area contributed by atoms with Crippen LogP contribution in [0, 0.1) is 5.41 Å². The van der Waals surface area contributed by atoms with E-state index in [1.54, 1.807) is 6.07 Å². The number of β-amino-alcohol motifs (C(OH)–C–C–N with tert-alkyl or cyclic N) is 1. The fourth-order valence-corrected chi connectivity index (χ4v) is 3.89. The maximum Gasteiger partial charge on any atom is 0.213 e. The molecule has 2 aromatic carbocycles. The van der Waals surface area contributed by atoms with E-state index in [9.17, 15) is 5.11 Å². The van der Waals surface area contributed by atoms with Gasteiger partial charge in [-0.3, -0.25) is 10.3 Å². The van der Waals surface area contributed by atoms with Crippen LogP contribution in [-0.4, -0.2) is 73.6 Å². The Morgan fingerprint density at radius 2 is 1.84 bits per heavy atom. The molecule has 1 heterocycles. The number of ether oxygens (including phenoxy) is 2. The van der Waals surface area contributed by atoms with Crippen molar-refractivity contribution in [2.45, 2.75) is 13.0 Å². The third-order valence-corrected chi connectivity index (χ3v) is 5.57. The molecule has 1 saturated heterocycles. The van der Waals surface area contributed by atoms with Gasteiger partial charge in [-0.15, -0.1) is 0 Å². The Morgan fingerprint density at radius 1 is 1.13 bits per heavy atom. The van der Waals surface area contributed by atoms with Crippen LogP contribution in [0.2, 0.25) is 5.02 Å². The van der Waals surface area contributed by atoms with Crippen LogP contribution in [0.15, 0.2) is 42.5 Å². The lowest BCUT2D eigenvalue weighted by molar-refractivity contribution is 0.109. The Balaban J connectivity index is 1.51. The highest BCUT2D eigenvalue weighted by atomic mass is 35.5. The minimum atomic E-state index is -0.589. The number of aliphatic hydroxyl groups is 2. The lowest BCUT2D eigenvalue weighted by Gasteiger charge is -2.37. The van der Waals surface area contributed by atoms with Gasteiger partial charge in [-0.05, 0) is 36.8 Å². The molecular formula is C23H30ClN3O4. The van der Waals surface area contributed by atoms with E-state index in [1.807, 2.05) is 43.3 Å². The topological polar surface area (TPSA) is 89.3 Å². The number of anilines is 1. The normalized spacial score (nSPS) is 15.5. The standard InChI is InChI=1S/C23H30ClN3O4/c1-2-30-23(25)18-5-3-17(4-6-18)22(29)16-26-9-11-27(12-10-26)21-8-7-19(15-20(21)24)31-14-13-28/h3-8,15,22,25,28-29H,2,9-14,16H2,1H3. The molecule has 2 aromatic rings. The van der Waals surface area contributed by atoms with Crippen molar-refractivity contribution >= 4 is 23.2 Å². The van der Waals surface area contributed by atoms with Crippen molar-refractivity contribution < 1.29 is 19.7 Å². The predicted octanol–water partition coefficient (Wildman–Crippen LogP) is 2.93. The second kappa shape index (κ2) is 11.3. The summed E-state index contributed by atoms with van der Waals surface area (Å²) < 4.78 is 10.6. The molecule has 1 aliphatic rings. The average Bonchev–Trinajstić information content (AvgIpc) is 2.78. The molecule has 0 spiro atoms. The van der Waals surface area contributed by atoms with Crippen LogP contribution >= 0.6 is 11.6 Å². The molecule has 1 unspecified atom stereocenters. The zero-order valence-electron chi connectivity index (χ0n) is 17.8. The van der Waals surface area contributed by atoms with Crippen LogP contribution in [0.1, 0.15) is 24.2 Å². The molecule has 0 amide bonds. The van der Waals surface area contributed by atoms with Crippen LogP contribution in [-0.2, 0) is 4.74 Å². The van der Waals surface area contributed by atoms with E-state index in [-0.39, 0.29) is 19.1 Å². The summed E-state index contributed by atoms with van der Waals surface area (Å²) in [6.07, 6.45) is -0.589. The Labute approximate surface area is 188 Å². The Morgan fingerprint density at radius 3 is 2.45 bits per heavy atom. The van der Waals surface area contributed by atoms with E-state index >= 15 is 0 Å². The summed E-state index contributed by atoms with van der Waals surface area (Å²) in [5.41, 5.74) is 2.50. The van der Waals surface area contributed by atoms with E-state index < -0.39 is 6.10 Å². The third-order valence-electron chi connectivity index (χ3n) is 5.27. The van der Waals surface area contributed by atoms with Crippen molar-refractivity contribution in [2.75, 3.05) is 57.4 Å². The smallest absolute Gasteiger partial charge is 0.213 e. The highest BCUT2D eigenvalue weighted by Crippen LogP contribution is 2.31. The van der Waals surface area contributed by atoms with Gasteiger partial charge in [0.05, 0.1) is 30.0 Å². The molecule has 0 radical (unpaired) electrons. The SMILES string of the molecule is CCOC(=N)c1ccc(C(O)CN2CCN(c3ccc(OCCO)cc3Cl)CC2)cc1. The van der Waals surface area contributed by atoms with Crippen LogP contribution < -0.4 is 9.64 Å². The largest absolute Gasteiger partial charge is 0.491 e. The van der Waals surface area contributed by atoms with Crippen molar-refractivity contribution in [2.24, 2.45) is 0 Å². The first-order valence-corrected chi connectivity index (χ1v) is 10.9. The number of piperazine rings is 1. The summed E-state index contributed by atoms with van der Waals surface area (Å²) in [6, 6.07) is 12.9. The molecule has 8 heteroatoms. The molecule has 168 valence electrons. The monoisotopic (exact) mass is 447 g/mol. The van der Waals surface area contributed by atoms with Crippen molar-refractivity contribution in [1.82, 2.24) is 4.90 Å². The molecule has 7 nitrogen and oxygen atoms in total. The third kappa shape index (κ3) is 6.33. The van der Waals surface area contributed by atoms with Gasteiger partial charge in [0.2, 0.25) is 5.90 Å². The zero-order chi connectivity index (χ0) is 22.2. The Kier molecular flexibility index (Phi) is 8.54. The quantitative estimate of drug-likeness (QED) is 0.404. The van der Waals surface area contributed by atoms with Crippen LogP contribution in [0.4, 0.5) is 5.69 Å². The van der Waals surface area contributed by atoms with Crippen molar-refractivity contribution in [3.63, 3.8) is 0 Å². The molecule has 0 saturated carbocycles. The molecular weight excluding hydrogens is 418 g/mol. The Hall–Kier alpha value is -2.32. The summed E-state index contributed by atoms with van der Waals surface area (Å²) >= 11 is 6.44. The van der Waals surface area contributed by atoms with Crippen molar-refractivity contribution in [3.8, 4) is 5.75 Å². The number of rotatable bonds is 9. The molecule has 1 atom stereocenters. The van der Waals surface area contributed by atoms with Gasteiger partial charge in [0.15, 0.2) is 0 Å². The lowest BCUT2D eigenvalue weighted by Crippen LogP contribution is -2.47. The summed E-state index contributed by atoms with van der Waals surface area (Å²) in [4.78, 5) is 4.47. The highest BCUT2D eigenvalue weighted by molar-refractivity contribution is 6.33. The van der Waals surface area contributed by atoms with Gasteiger partial charge < -0.3 is 24.6 Å². The second-order valence-electron chi connectivity index (χ2n) is 7.37. The van der Waals surface area contributed by atoms with Gasteiger partial charge in [-0.2, -0.15) is 0 Å². The molecule has 1 fully saturated rings. The molecule has 1 aliphatic heterocycles. The van der Waals surface area contributed by atoms with Crippen molar-refractivity contribution in [3.05, 3.63) is 58.6 Å². The van der Waals surface area contributed by atoms with Crippen LogP contribution in [0.25, 0.3) is 0 Å². The van der Waals surface area contributed by atoms with E-state index in [0.717, 1.165) is 37.4 Å². The summed E-state index contributed by atoms with van der Waals surface area (Å²) in [6.45, 7) is 6.35. The van der Waals surface area contributed by atoms with Crippen molar-refractivity contribution in [1.29, 1.82) is 5.41 Å². The van der Waals surface area contributed by atoms with Crippen LogP contribution in [0.3, 0.4) is 0 Å². The first-order chi connectivity index (χ1) is 15.0. The maximum atomic E-state index is 10.6. The fraction of sp³-hybridized carbons (Fsp3) is 0.435. The van der Waals surface area contributed by atoms with E-state index in [0.29, 0.717) is 29.5 Å². The summed E-state index contributed by atoms with van der Waals surface area (Å²) in [7, 11) is 0. The molecule has 3 rings (SSSR count). The number of hydrogen-bond donors (Lipinski definition) is 3. The molecule has 0 aliphatic carbocycles. The predicted molar refractivity (Wildman–Crippen MR) is 123 cm³/mol. The number of nitrogens with zero attached hydrogens (tertiary/aromatic N) is 2. The molecule has 0 aromatic heterocycles. The van der Waals surface area contributed by atoms with E-state index in [1.165, 1.54) is 0 Å². The molecule has 0 bridgehead atoms. The second-order valence-corrected chi connectivity index (χ2v) is 7.78. The van der Waals surface area contributed by atoms with Gasteiger partial charge in [-0.25, -0.2) is 0 Å². The number of aliphatic hydroxyl groups excluding tert-OH is 2. The van der Waals surface area contributed by atoms with E-state index in [2.05, 4.69) is 9.80 Å². The zero-order valence-corrected chi connectivity index (χ0v) is 18.5. The molecule has 3 N–H and O–H groups in total. The number of benzene rings is 2. The van der Waals surface area contributed by atoms with Gasteiger partial charge in [-0.1, -0.05) is 23.7 Å². The minimum absolute atomic E-state index is 0.0334. The summed E-state index contributed by atoms with van der Waals surface area (Å²) in [5, 5.41) is 28.0. The minimum Gasteiger partial charge on any atom is -0.491 e.